The molecule has 1 aromatic rings. The summed E-state index contributed by atoms with van der Waals surface area (Å²) in [5, 5.41) is 9.61. The van der Waals surface area contributed by atoms with Crippen molar-refractivity contribution in [2.45, 2.75) is 25.1 Å². The van der Waals surface area contributed by atoms with E-state index < -0.39 is 0 Å². The van der Waals surface area contributed by atoms with Crippen LogP contribution in [0.2, 0.25) is 6.82 Å². The third-order valence-electron chi connectivity index (χ3n) is 4.30. The average Bonchev–Trinajstić information content (AvgIpc) is 2.70. The minimum absolute atomic E-state index is 0.238. The predicted octanol–water partition coefficient (Wildman–Crippen LogP) is 2.16. The normalized spacial score (nSPS) is 21.8. The Labute approximate surface area is 103 Å². The summed E-state index contributed by atoms with van der Waals surface area (Å²) in [4.78, 5) is 2.15. The Morgan fingerprint density at radius 2 is 1.94 bits per heavy atom. The fourth-order valence-corrected chi connectivity index (χ4v) is 3.17. The van der Waals surface area contributed by atoms with Gasteiger partial charge in [0.15, 0.2) is 0 Å². The molecule has 0 atom stereocenters. The van der Waals surface area contributed by atoms with Gasteiger partial charge >= 0.3 is 7.05 Å². The molecule has 1 aliphatic carbocycles. The summed E-state index contributed by atoms with van der Waals surface area (Å²) in [6, 6.07) is 8.69. The lowest BCUT2D eigenvalue weighted by atomic mass is 9.71. The Kier molecular flexibility index (Phi) is 2.60. The van der Waals surface area contributed by atoms with E-state index in [2.05, 4.69) is 41.2 Å². The average molecular weight is 227 g/mol. The number of benzene rings is 1. The van der Waals surface area contributed by atoms with E-state index in [1.807, 2.05) is 6.82 Å². The van der Waals surface area contributed by atoms with Gasteiger partial charge in [0.2, 0.25) is 0 Å². The van der Waals surface area contributed by atoms with Crippen LogP contribution in [0.5, 0.6) is 0 Å². The van der Waals surface area contributed by atoms with Gasteiger partial charge in [-0.3, -0.25) is 0 Å². The van der Waals surface area contributed by atoms with E-state index >= 15 is 0 Å². The molecule has 1 aromatic carbocycles. The SMILES string of the molecule is CB(O)N1CCC2(C=Cc3ccccc32)CC1. The van der Waals surface area contributed by atoms with E-state index in [9.17, 15) is 5.02 Å². The van der Waals surface area contributed by atoms with Crippen LogP contribution in [0.4, 0.5) is 0 Å². The largest absolute Gasteiger partial charge is 0.437 e. The number of hydrogen-bond donors (Lipinski definition) is 1. The summed E-state index contributed by atoms with van der Waals surface area (Å²) < 4.78 is 0. The van der Waals surface area contributed by atoms with Crippen LogP contribution in [-0.4, -0.2) is 30.0 Å². The zero-order valence-corrected chi connectivity index (χ0v) is 10.3. The molecular weight excluding hydrogens is 209 g/mol. The fraction of sp³-hybridized carbons (Fsp3) is 0.429. The number of piperidine rings is 1. The van der Waals surface area contributed by atoms with Crippen molar-refractivity contribution in [1.29, 1.82) is 0 Å². The molecule has 3 rings (SSSR count). The van der Waals surface area contributed by atoms with Crippen molar-refractivity contribution in [2.75, 3.05) is 13.1 Å². The van der Waals surface area contributed by atoms with Crippen molar-refractivity contribution >= 4 is 13.1 Å². The standard InChI is InChI=1S/C14H18BNO/c1-15(17)16-10-8-14(9-11-16)7-6-12-4-2-3-5-13(12)14/h2-7,17H,8-11H2,1H3. The summed E-state index contributed by atoms with van der Waals surface area (Å²) in [6.07, 6.45) is 6.86. The number of fused-ring (bicyclic) bond motifs is 2. The van der Waals surface area contributed by atoms with Crippen LogP contribution in [0, 0.1) is 0 Å². The Hall–Kier alpha value is -1.06. The summed E-state index contributed by atoms with van der Waals surface area (Å²) in [5.74, 6) is 0. The number of nitrogens with zero attached hydrogens (tertiary/aromatic N) is 1. The van der Waals surface area contributed by atoms with Gasteiger partial charge in [-0.1, -0.05) is 36.4 Å². The molecule has 1 spiro atoms. The highest BCUT2D eigenvalue weighted by Crippen LogP contribution is 2.43. The Balaban J connectivity index is 1.85. The van der Waals surface area contributed by atoms with Crippen LogP contribution in [0.25, 0.3) is 6.08 Å². The van der Waals surface area contributed by atoms with Gasteiger partial charge in [-0.05, 0) is 43.9 Å². The van der Waals surface area contributed by atoms with E-state index in [1.54, 1.807) is 0 Å². The van der Waals surface area contributed by atoms with Crippen LogP contribution in [0.15, 0.2) is 30.3 Å². The van der Waals surface area contributed by atoms with Gasteiger partial charge in [0.05, 0.1) is 0 Å². The van der Waals surface area contributed by atoms with Gasteiger partial charge in [-0.2, -0.15) is 0 Å². The first-order chi connectivity index (χ1) is 8.21. The maximum absolute atomic E-state index is 9.61. The third kappa shape index (κ3) is 1.74. The molecule has 1 heterocycles. The minimum Gasteiger partial charge on any atom is -0.437 e. The molecule has 0 aromatic heterocycles. The van der Waals surface area contributed by atoms with E-state index in [-0.39, 0.29) is 12.5 Å². The van der Waals surface area contributed by atoms with Crippen molar-refractivity contribution in [2.24, 2.45) is 0 Å². The molecule has 17 heavy (non-hydrogen) atoms. The number of allylic oxidation sites excluding steroid dienone is 1. The molecule has 88 valence electrons. The highest BCUT2D eigenvalue weighted by Gasteiger charge is 2.38. The molecule has 1 saturated heterocycles. The highest BCUT2D eigenvalue weighted by molar-refractivity contribution is 6.45. The smallest absolute Gasteiger partial charge is 0.376 e. The van der Waals surface area contributed by atoms with Crippen molar-refractivity contribution in [3.05, 3.63) is 41.5 Å². The van der Waals surface area contributed by atoms with Gasteiger partial charge in [0.25, 0.3) is 0 Å². The van der Waals surface area contributed by atoms with E-state index in [0.29, 0.717) is 0 Å². The van der Waals surface area contributed by atoms with Crippen LogP contribution < -0.4 is 0 Å². The Morgan fingerprint density at radius 1 is 1.24 bits per heavy atom. The van der Waals surface area contributed by atoms with Gasteiger partial charge in [0, 0.05) is 5.41 Å². The van der Waals surface area contributed by atoms with Crippen LogP contribution in [0.3, 0.4) is 0 Å². The van der Waals surface area contributed by atoms with E-state index in [0.717, 1.165) is 25.9 Å². The Bertz CT molecular complexity index is 447. The Morgan fingerprint density at radius 3 is 2.65 bits per heavy atom. The second kappa shape index (κ2) is 4.00. The lowest BCUT2D eigenvalue weighted by Gasteiger charge is -2.39. The molecule has 3 heteroatoms. The minimum atomic E-state index is -0.312. The topological polar surface area (TPSA) is 23.5 Å². The van der Waals surface area contributed by atoms with Gasteiger partial charge in [-0.15, -0.1) is 0 Å². The van der Waals surface area contributed by atoms with E-state index in [4.69, 9.17) is 0 Å². The molecule has 2 nitrogen and oxygen atoms in total. The summed E-state index contributed by atoms with van der Waals surface area (Å²) in [6.45, 7) is 3.82. The van der Waals surface area contributed by atoms with Crippen molar-refractivity contribution in [3.63, 3.8) is 0 Å². The number of rotatable bonds is 1. The maximum atomic E-state index is 9.61. The molecule has 1 aliphatic heterocycles. The van der Waals surface area contributed by atoms with Crippen LogP contribution in [-0.2, 0) is 5.41 Å². The first-order valence-corrected chi connectivity index (χ1v) is 6.42. The quantitative estimate of drug-likeness (QED) is 0.743. The van der Waals surface area contributed by atoms with Crippen LogP contribution in [0.1, 0.15) is 24.0 Å². The second-order valence-electron chi connectivity index (χ2n) is 5.24. The lowest BCUT2D eigenvalue weighted by Crippen LogP contribution is -2.47. The van der Waals surface area contributed by atoms with Gasteiger partial charge < -0.3 is 9.83 Å². The molecule has 2 aliphatic rings. The zero-order chi connectivity index (χ0) is 11.9. The van der Waals surface area contributed by atoms with E-state index in [1.165, 1.54) is 11.1 Å². The molecular formula is C14H18BNO. The molecule has 1 fully saturated rings. The van der Waals surface area contributed by atoms with Crippen LogP contribution >= 0.6 is 0 Å². The number of hydrogen-bond acceptors (Lipinski definition) is 2. The van der Waals surface area contributed by atoms with Gasteiger partial charge in [0.1, 0.15) is 0 Å². The molecule has 0 radical (unpaired) electrons. The lowest BCUT2D eigenvalue weighted by molar-refractivity contribution is 0.251. The molecule has 0 saturated carbocycles. The predicted molar refractivity (Wildman–Crippen MR) is 71.8 cm³/mol. The van der Waals surface area contributed by atoms with Crippen molar-refractivity contribution in [3.8, 4) is 0 Å². The molecule has 0 amide bonds. The van der Waals surface area contributed by atoms with Crippen molar-refractivity contribution in [1.82, 2.24) is 4.81 Å². The van der Waals surface area contributed by atoms with Gasteiger partial charge in [-0.25, -0.2) is 0 Å². The monoisotopic (exact) mass is 227 g/mol. The summed E-state index contributed by atoms with van der Waals surface area (Å²) >= 11 is 0. The molecule has 0 bridgehead atoms. The van der Waals surface area contributed by atoms with Crippen molar-refractivity contribution < 1.29 is 5.02 Å². The second-order valence-corrected chi connectivity index (χ2v) is 5.24. The highest BCUT2D eigenvalue weighted by atomic mass is 16.2. The zero-order valence-electron chi connectivity index (χ0n) is 10.3. The fourth-order valence-electron chi connectivity index (χ4n) is 3.17. The first-order valence-electron chi connectivity index (χ1n) is 6.42. The summed E-state index contributed by atoms with van der Waals surface area (Å²) in [7, 11) is -0.312. The third-order valence-corrected chi connectivity index (χ3v) is 4.30. The molecule has 1 N–H and O–H groups in total. The maximum Gasteiger partial charge on any atom is 0.376 e. The first kappa shape index (κ1) is 11.1. The summed E-state index contributed by atoms with van der Waals surface area (Å²) in [5.41, 5.74) is 3.09. The molecule has 0 unspecified atom stereocenters.